The van der Waals surface area contributed by atoms with Gasteiger partial charge in [0.2, 0.25) is 0 Å². The Morgan fingerprint density at radius 2 is 1.72 bits per heavy atom. The van der Waals surface area contributed by atoms with Crippen LogP contribution < -0.4 is 0 Å². The predicted octanol–water partition coefficient (Wildman–Crippen LogP) is 6.56. The van der Waals surface area contributed by atoms with Gasteiger partial charge in [0.05, 0.1) is 0 Å². The summed E-state index contributed by atoms with van der Waals surface area (Å²) in [6, 6.07) is 10.3. The van der Waals surface area contributed by atoms with Crippen molar-refractivity contribution in [3.8, 4) is 0 Å². The first-order valence-corrected chi connectivity index (χ1v) is 12.2. The first kappa shape index (κ1) is 19.6. The number of rotatable bonds is 2. The van der Waals surface area contributed by atoms with E-state index in [0.717, 1.165) is 29.2 Å². The Kier molecular flexibility index (Phi) is 4.83. The quantitative estimate of drug-likeness (QED) is 0.557. The molecule has 1 aromatic carbocycles. The standard InChI is InChI=1S/C27H39NO/c1-26-15-7-10-23(26)22-12-11-20-18-21(13-17-27(20,2)24(22)14-16-26)28(3)25(29)19-8-5-4-6-9-19/h4-6,8-9,20-24H,7,10-18H2,1-3H3/t20-,21-,22-,23-,24-,26-,27-/m0/s1. The van der Waals surface area contributed by atoms with Crippen molar-refractivity contribution in [2.75, 3.05) is 7.05 Å². The lowest BCUT2D eigenvalue weighted by molar-refractivity contribution is -0.112. The fourth-order valence-corrected chi connectivity index (χ4v) is 8.53. The minimum absolute atomic E-state index is 0.201. The molecule has 0 bridgehead atoms. The Bertz CT molecular complexity index is 759. The van der Waals surface area contributed by atoms with Crippen molar-refractivity contribution in [2.24, 2.45) is 34.5 Å². The highest BCUT2D eigenvalue weighted by Gasteiger charge is 2.58. The fourth-order valence-electron chi connectivity index (χ4n) is 8.53. The van der Waals surface area contributed by atoms with Crippen LogP contribution in [0.5, 0.6) is 0 Å². The van der Waals surface area contributed by atoms with E-state index < -0.39 is 0 Å². The highest BCUT2D eigenvalue weighted by atomic mass is 16.2. The van der Waals surface area contributed by atoms with Crippen LogP contribution >= 0.6 is 0 Å². The molecule has 4 aliphatic rings. The number of fused-ring (bicyclic) bond motifs is 5. The molecule has 2 nitrogen and oxygen atoms in total. The van der Waals surface area contributed by atoms with Crippen LogP contribution in [-0.2, 0) is 0 Å². The van der Waals surface area contributed by atoms with Gasteiger partial charge < -0.3 is 4.90 Å². The third kappa shape index (κ3) is 3.08. The second-order valence-electron chi connectivity index (χ2n) is 11.5. The van der Waals surface area contributed by atoms with E-state index in [-0.39, 0.29) is 5.91 Å². The lowest BCUT2D eigenvalue weighted by Crippen LogP contribution is -2.55. The molecular weight excluding hydrogens is 354 g/mol. The first-order valence-electron chi connectivity index (χ1n) is 12.2. The maximum Gasteiger partial charge on any atom is 0.253 e. The average Bonchev–Trinajstić information content (AvgIpc) is 3.14. The molecule has 2 heteroatoms. The predicted molar refractivity (Wildman–Crippen MR) is 119 cm³/mol. The molecule has 7 atom stereocenters. The molecule has 0 N–H and O–H groups in total. The Morgan fingerprint density at radius 1 is 0.931 bits per heavy atom. The molecule has 4 saturated carbocycles. The SMILES string of the molecule is CN(C(=O)c1ccccc1)[C@H]1CC[C@@]2(C)[C@@H](CC[C@H]3[C@@H]4CCC[C@@]4(C)CC[C@@H]32)C1. The smallest absolute Gasteiger partial charge is 0.253 e. The number of carbonyl (C=O) groups excluding carboxylic acids is 1. The maximum atomic E-state index is 13.0. The summed E-state index contributed by atoms with van der Waals surface area (Å²) in [4.78, 5) is 15.1. The van der Waals surface area contributed by atoms with Gasteiger partial charge in [0.25, 0.3) is 5.91 Å². The number of amides is 1. The third-order valence-corrected chi connectivity index (χ3v) is 10.3. The zero-order valence-electron chi connectivity index (χ0n) is 18.7. The van der Waals surface area contributed by atoms with Gasteiger partial charge in [-0.15, -0.1) is 0 Å². The molecular formula is C27H39NO. The lowest BCUT2D eigenvalue weighted by atomic mass is 9.45. The van der Waals surface area contributed by atoms with E-state index in [4.69, 9.17) is 0 Å². The van der Waals surface area contributed by atoms with E-state index in [1.54, 1.807) is 0 Å². The molecule has 29 heavy (non-hydrogen) atoms. The monoisotopic (exact) mass is 393 g/mol. The second kappa shape index (κ2) is 7.13. The number of carbonyl (C=O) groups is 1. The van der Waals surface area contributed by atoms with Gasteiger partial charge in [0.15, 0.2) is 0 Å². The van der Waals surface area contributed by atoms with Gasteiger partial charge in [-0.3, -0.25) is 4.79 Å². The molecule has 5 rings (SSSR count). The summed E-state index contributed by atoms with van der Waals surface area (Å²) in [6.45, 7) is 5.25. The maximum absolute atomic E-state index is 13.0. The largest absolute Gasteiger partial charge is 0.339 e. The number of hydrogen-bond acceptors (Lipinski definition) is 1. The molecule has 4 aliphatic carbocycles. The van der Waals surface area contributed by atoms with Gasteiger partial charge >= 0.3 is 0 Å². The van der Waals surface area contributed by atoms with Crippen molar-refractivity contribution in [3.05, 3.63) is 35.9 Å². The Morgan fingerprint density at radius 3 is 2.52 bits per heavy atom. The van der Waals surface area contributed by atoms with Crippen LogP contribution in [0.25, 0.3) is 0 Å². The molecule has 1 amide bonds. The average molecular weight is 394 g/mol. The topological polar surface area (TPSA) is 20.3 Å². The van der Waals surface area contributed by atoms with E-state index >= 15 is 0 Å². The van der Waals surface area contributed by atoms with E-state index in [9.17, 15) is 4.79 Å². The van der Waals surface area contributed by atoms with Crippen molar-refractivity contribution < 1.29 is 4.79 Å². The normalized spacial score (nSPS) is 43.8. The highest BCUT2D eigenvalue weighted by molar-refractivity contribution is 5.94. The van der Waals surface area contributed by atoms with E-state index in [1.165, 1.54) is 64.2 Å². The van der Waals surface area contributed by atoms with Gasteiger partial charge in [0.1, 0.15) is 0 Å². The molecule has 0 saturated heterocycles. The zero-order chi connectivity index (χ0) is 20.2. The third-order valence-electron chi connectivity index (χ3n) is 10.3. The molecule has 158 valence electrons. The fraction of sp³-hybridized carbons (Fsp3) is 0.741. The summed E-state index contributed by atoms with van der Waals surface area (Å²) in [7, 11) is 2.04. The molecule has 0 radical (unpaired) electrons. The number of benzene rings is 1. The summed E-state index contributed by atoms with van der Waals surface area (Å²) < 4.78 is 0. The summed E-state index contributed by atoms with van der Waals surface area (Å²) in [5.74, 6) is 3.93. The number of nitrogens with zero attached hydrogens (tertiary/aromatic N) is 1. The van der Waals surface area contributed by atoms with E-state index in [2.05, 4.69) is 18.7 Å². The van der Waals surface area contributed by atoms with Crippen molar-refractivity contribution in [3.63, 3.8) is 0 Å². The molecule has 4 fully saturated rings. The summed E-state index contributed by atoms with van der Waals surface area (Å²) >= 11 is 0. The Hall–Kier alpha value is -1.31. The van der Waals surface area contributed by atoms with E-state index in [0.29, 0.717) is 16.9 Å². The van der Waals surface area contributed by atoms with Gasteiger partial charge in [-0.1, -0.05) is 38.5 Å². The molecule has 0 aliphatic heterocycles. The van der Waals surface area contributed by atoms with Gasteiger partial charge in [-0.25, -0.2) is 0 Å². The summed E-state index contributed by atoms with van der Waals surface area (Å²) in [6.07, 6.45) is 14.0. The molecule has 0 heterocycles. The van der Waals surface area contributed by atoms with E-state index in [1.807, 2.05) is 37.4 Å². The minimum Gasteiger partial charge on any atom is -0.339 e. The van der Waals surface area contributed by atoms with Crippen LogP contribution in [0, 0.1) is 34.5 Å². The lowest BCUT2D eigenvalue weighted by Gasteiger charge is -2.61. The number of hydrogen-bond donors (Lipinski definition) is 0. The second-order valence-corrected chi connectivity index (χ2v) is 11.5. The Balaban J connectivity index is 1.31. The van der Waals surface area contributed by atoms with Crippen molar-refractivity contribution in [1.82, 2.24) is 4.90 Å². The minimum atomic E-state index is 0.201. The van der Waals surface area contributed by atoms with Gasteiger partial charge in [-0.05, 0) is 104 Å². The first-order chi connectivity index (χ1) is 13.9. The molecule has 0 spiro atoms. The van der Waals surface area contributed by atoms with Crippen LogP contribution in [0.1, 0.15) is 88.4 Å². The van der Waals surface area contributed by atoms with Crippen LogP contribution in [0.15, 0.2) is 30.3 Å². The summed E-state index contributed by atoms with van der Waals surface area (Å²) in [5.41, 5.74) is 2.00. The molecule has 0 unspecified atom stereocenters. The van der Waals surface area contributed by atoms with Crippen LogP contribution in [0.2, 0.25) is 0 Å². The van der Waals surface area contributed by atoms with Gasteiger partial charge in [-0.2, -0.15) is 0 Å². The van der Waals surface area contributed by atoms with Crippen LogP contribution in [0.3, 0.4) is 0 Å². The molecule has 0 aromatic heterocycles. The molecule has 1 aromatic rings. The van der Waals surface area contributed by atoms with Crippen molar-refractivity contribution >= 4 is 5.91 Å². The highest BCUT2D eigenvalue weighted by Crippen LogP contribution is 2.66. The van der Waals surface area contributed by atoms with Crippen molar-refractivity contribution in [1.29, 1.82) is 0 Å². The van der Waals surface area contributed by atoms with Crippen molar-refractivity contribution in [2.45, 2.75) is 84.1 Å². The Labute approximate surface area is 177 Å². The zero-order valence-corrected chi connectivity index (χ0v) is 18.7. The van der Waals surface area contributed by atoms with Crippen LogP contribution in [0.4, 0.5) is 0 Å². The van der Waals surface area contributed by atoms with Gasteiger partial charge in [0, 0.05) is 18.7 Å². The summed E-state index contributed by atoms with van der Waals surface area (Å²) in [5, 5.41) is 0. The van der Waals surface area contributed by atoms with Crippen LogP contribution in [-0.4, -0.2) is 23.9 Å².